The van der Waals surface area contributed by atoms with E-state index in [4.69, 9.17) is 5.11 Å². The van der Waals surface area contributed by atoms with E-state index in [1.54, 1.807) is 0 Å². The van der Waals surface area contributed by atoms with Crippen molar-refractivity contribution in [1.82, 2.24) is 0 Å². The van der Waals surface area contributed by atoms with Crippen LogP contribution < -0.4 is 0 Å². The largest absolute Gasteiger partial charge is 0.393 e. The van der Waals surface area contributed by atoms with Gasteiger partial charge in [0.15, 0.2) is 0 Å². The zero-order valence-electron chi connectivity index (χ0n) is 5.84. The number of aliphatic hydroxyl groups is 1. The molecular weight excluding hydrogens is 132 g/mol. The molecule has 1 aliphatic rings. The molecule has 0 aromatic heterocycles. The van der Waals surface area contributed by atoms with Gasteiger partial charge in [0.1, 0.15) is 0 Å². The summed E-state index contributed by atoms with van der Waals surface area (Å²) in [4.78, 5) is 0. The Morgan fingerprint density at radius 1 is 1.22 bits per heavy atom. The summed E-state index contributed by atoms with van der Waals surface area (Å²) in [6, 6.07) is 0. The van der Waals surface area contributed by atoms with Crippen LogP contribution in [0.4, 0.5) is 0 Å². The zero-order valence-corrected chi connectivity index (χ0v) is 6.66. The van der Waals surface area contributed by atoms with Crippen LogP contribution in [0.15, 0.2) is 0 Å². The van der Waals surface area contributed by atoms with Gasteiger partial charge in [0.25, 0.3) is 0 Å². The molecule has 54 valence electrons. The van der Waals surface area contributed by atoms with Crippen LogP contribution in [-0.4, -0.2) is 22.7 Å². The normalized spacial score (nSPS) is 36.7. The smallest absolute Gasteiger partial charge is 0.0541 e. The number of hydrogen-bond donors (Lipinski definition) is 1. The number of hydrogen-bond acceptors (Lipinski definition) is 2. The fraction of sp³-hybridized carbons (Fsp3) is 1.00. The molecule has 2 heteroatoms. The van der Waals surface area contributed by atoms with Crippen molar-refractivity contribution in [3.05, 3.63) is 0 Å². The van der Waals surface area contributed by atoms with Crippen LogP contribution in [0.1, 0.15) is 25.7 Å². The minimum atomic E-state index is 0.00778. The summed E-state index contributed by atoms with van der Waals surface area (Å²) in [5.74, 6) is 0. The molecule has 0 unspecified atom stereocenters. The monoisotopic (exact) mass is 146 g/mol. The molecule has 0 bridgehead atoms. The fourth-order valence-corrected chi connectivity index (χ4v) is 2.02. The highest BCUT2D eigenvalue weighted by atomic mass is 32.2. The van der Waals surface area contributed by atoms with Crippen LogP contribution in [0, 0.1) is 0 Å². The Balaban J connectivity index is 2.18. The van der Waals surface area contributed by atoms with Crippen molar-refractivity contribution >= 4 is 11.8 Å². The van der Waals surface area contributed by atoms with E-state index in [-0.39, 0.29) is 6.10 Å². The molecule has 9 heavy (non-hydrogen) atoms. The van der Waals surface area contributed by atoms with Gasteiger partial charge in [-0.2, -0.15) is 11.8 Å². The Hall–Kier alpha value is 0.310. The number of rotatable bonds is 1. The van der Waals surface area contributed by atoms with Crippen LogP contribution in [0.2, 0.25) is 0 Å². The van der Waals surface area contributed by atoms with Gasteiger partial charge in [-0.15, -0.1) is 0 Å². The maximum Gasteiger partial charge on any atom is 0.0541 e. The summed E-state index contributed by atoms with van der Waals surface area (Å²) in [5.41, 5.74) is 0. The lowest BCUT2D eigenvalue weighted by Gasteiger charge is -2.23. The first-order valence-electron chi connectivity index (χ1n) is 3.54. The van der Waals surface area contributed by atoms with Gasteiger partial charge in [-0.1, -0.05) is 0 Å². The first kappa shape index (κ1) is 7.42. The highest BCUT2D eigenvalue weighted by Gasteiger charge is 2.17. The second-order valence-electron chi connectivity index (χ2n) is 2.67. The van der Waals surface area contributed by atoms with Gasteiger partial charge in [0, 0.05) is 5.25 Å². The van der Waals surface area contributed by atoms with Crippen molar-refractivity contribution in [2.45, 2.75) is 37.0 Å². The lowest BCUT2D eigenvalue weighted by atomic mass is 9.97. The molecule has 0 atom stereocenters. The summed E-state index contributed by atoms with van der Waals surface area (Å²) in [5, 5.41) is 9.94. The second kappa shape index (κ2) is 3.47. The molecule has 0 heterocycles. The summed E-state index contributed by atoms with van der Waals surface area (Å²) >= 11 is 1.94. The van der Waals surface area contributed by atoms with E-state index in [2.05, 4.69) is 6.26 Å². The molecule has 1 fully saturated rings. The molecule has 0 aromatic carbocycles. The van der Waals surface area contributed by atoms with Gasteiger partial charge >= 0.3 is 0 Å². The summed E-state index contributed by atoms with van der Waals surface area (Å²) in [6.07, 6.45) is 6.62. The van der Waals surface area contributed by atoms with Crippen LogP contribution in [0.5, 0.6) is 0 Å². The molecule has 1 rings (SSSR count). The van der Waals surface area contributed by atoms with Crippen molar-refractivity contribution < 1.29 is 5.11 Å². The highest BCUT2D eigenvalue weighted by molar-refractivity contribution is 7.99. The number of thioether (sulfide) groups is 1. The van der Waals surface area contributed by atoms with Crippen molar-refractivity contribution in [1.29, 1.82) is 0 Å². The maximum absolute atomic E-state index is 9.11. The first-order chi connectivity index (χ1) is 4.33. The Kier molecular flexibility index (Phi) is 2.86. The lowest BCUT2D eigenvalue weighted by Crippen LogP contribution is -2.19. The zero-order chi connectivity index (χ0) is 6.69. The van der Waals surface area contributed by atoms with Gasteiger partial charge in [-0.25, -0.2) is 0 Å². The second-order valence-corrected chi connectivity index (χ2v) is 3.80. The molecule has 0 aliphatic heterocycles. The summed E-state index contributed by atoms with van der Waals surface area (Å²) in [6.45, 7) is 0. The SMILES string of the molecule is CS[C@H]1CC[C@H](O)CC1. The Morgan fingerprint density at radius 3 is 2.22 bits per heavy atom. The third-order valence-electron chi connectivity index (χ3n) is 1.98. The van der Waals surface area contributed by atoms with Crippen molar-refractivity contribution in [3.63, 3.8) is 0 Å². The molecule has 0 aromatic rings. The fourth-order valence-electron chi connectivity index (χ4n) is 1.28. The first-order valence-corrected chi connectivity index (χ1v) is 4.82. The Labute approximate surface area is 60.8 Å². The Morgan fingerprint density at radius 2 is 1.78 bits per heavy atom. The molecule has 1 saturated carbocycles. The average molecular weight is 146 g/mol. The molecule has 1 nitrogen and oxygen atoms in total. The van der Waals surface area contributed by atoms with Crippen molar-refractivity contribution in [2.75, 3.05) is 6.26 Å². The van der Waals surface area contributed by atoms with Gasteiger partial charge in [0.05, 0.1) is 6.10 Å². The van der Waals surface area contributed by atoms with Crippen LogP contribution >= 0.6 is 11.8 Å². The highest BCUT2D eigenvalue weighted by Crippen LogP contribution is 2.26. The third-order valence-corrected chi connectivity index (χ3v) is 3.12. The van der Waals surface area contributed by atoms with Gasteiger partial charge in [0.2, 0.25) is 0 Å². The van der Waals surface area contributed by atoms with E-state index in [0.717, 1.165) is 18.1 Å². The predicted octanol–water partition coefficient (Wildman–Crippen LogP) is 1.65. The molecule has 0 saturated heterocycles. The van der Waals surface area contributed by atoms with E-state index in [1.807, 2.05) is 11.8 Å². The lowest BCUT2D eigenvalue weighted by molar-refractivity contribution is 0.132. The van der Waals surface area contributed by atoms with Crippen LogP contribution in [0.25, 0.3) is 0 Å². The topological polar surface area (TPSA) is 20.2 Å². The standard InChI is InChI=1S/C7H14OS/c1-9-7-4-2-6(8)3-5-7/h6-8H,2-5H2,1H3/t6-,7-. The summed E-state index contributed by atoms with van der Waals surface area (Å²) < 4.78 is 0. The van der Waals surface area contributed by atoms with E-state index in [1.165, 1.54) is 12.8 Å². The average Bonchev–Trinajstić information content (AvgIpc) is 1.90. The third kappa shape index (κ3) is 2.18. The quantitative estimate of drug-likeness (QED) is 0.607. The minimum absolute atomic E-state index is 0.00778. The van der Waals surface area contributed by atoms with E-state index >= 15 is 0 Å². The maximum atomic E-state index is 9.11. The van der Waals surface area contributed by atoms with Crippen LogP contribution in [0.3, 0.4) is 0 Å². The number of aliphatic hydroxyl groups excluding tert-OH is 1. The van der Waals surface area contributed by atoms with Crippen molar-refractivity contribution in [2.24, 2.45) is 0 Å². The predicted molar refractivity (Wildman–Crippen MR) is 41.8 cm³/mol. The molecule has 1 aliphatic carbocycles. The molecular formula is C7H14OS. The van der Waals surface area contributed by atoms with Crippen LogP contribution in [-0.2, 0) is 0 Å². The summed E-state index contributed by atoms with van der Waals surface area (Å²) in [7, 11) is 0. The molecule has 0 spiro atoms. The van der Waals surface area contributed by atoms with E-state index in [0.29, 0.717) is 0 Å². The Bertz CT molecular complexity index is 77.0. The van der Waals surface area contributed by atoms with E-state index in [9.17, 15) is 0 Å². The van der Waals surface area contributed by atoms with E-state index < -0.39 is 0 Å². The van der Waals surface area contributed by atoms with Gasteiger partial charge < -0.3 is 5.11 Å². The van der Waals surface area contributed by atoms with Gasteiger partial charge in [-0.3, -0.25) is 0 Å². The van der Waals surface area contributed by atoms with Crippen molar-refractivity contribution in [3.8, 4) is 0 Å². The van der Waals surface area contributed by atoms with Gasteiger partial charge in [-0.05, 0) is 31.9 Å². The molecule has 0 amide bonds. The molecule has 1 N–H and O–H groups in total. The molecule has 0 radical (unpaired) electrons. The minimum Gasteiger partial charge on any atom is -0.393 e.